The van der Waals surface area contributed by atoms with Gasteiger partial charge in [0.05, 0.1) is 22.4 Å². The molecular formula is C53H53N3O. The Labute approximate surface area is 337 Å². The van der Waals surface area contributed by atoms with Gasteiger partial charge in [0.2, 0.25) is 0 Å². The summed E-state index contributed by atoms with van der Waals surface area (Å²) in [5.74, 6) is 0.586. The van der Waals surface area contributed by atoms with E-state index in [2.05, 4.69) is 177 Å². The second kappa shape index (κ2) is 13.9. The van der Waals surface area contributed by atoms with Crippen LogP contribution in [0.25, 0.3) is 55.1 Å². The maximum absolute atomic E-state index is 7.08. The van der Waals surface area contributed by atoms with Gasteiger partial charge in [0, 0.05) is 43.9 Å². The van der Waals surface area contributed by atoms with Gasteiger partial charge in [-0.15, -0.1) is 0 Å². The summed E-state index contributed by atoms with van der Waals surface area (Å²) in [6.45, 7) is 27.1. The highest BCUT2D eigenvalue weighted by molar-refractivity contribution is 6.23. The first-order valence-electron chi connectivity index (χ1n) is 20.0. The summed E-state index contributed by atoms with van der Waals surface area (Å²) in [5, 5.41) is 4.56. The molecule has 0 fully saturated rings. The Morgan fingerprint density at radius 1 is 0.544 bits per heavy atom. The first-order valence-corrected chi connectivity index (χ1v) is 20.0. The van der Waals surface area contributed by atoms with Crippen LogP contribution in [-0.2, 0) is 16.2 Å². The third-order valence-electron chi connectivity index (χ3n) is 11.2. The fourth-order valence-corrected chi connectivity index (χ4v) is 7.90. The zero-order chi connectivity index (χ0) is 40.4. The molecule has 0 bridgehead atoms. The highest BCUT2D eigenvalue weighted by Gasteiger charge is 2.28. The number of fused-ring (bicyclic) bond motifs is 6. The van der Waals surface area contributed by atoms with Gasteiger partial charge in [-0.25, -0.2) is 9.98 Å². The SMILES string of the molecule is C=C(N=C(N=C(C)c1cc(C(C)(C)C)cc2c1oc1c(C(C)(C)C)cc(C(C)(C)C)cc12)c1cccc2c3ccccc3n(-c3ccccc3)c12)c1ccccc1. The highest BCUT2D eigenvalue weighted by Crippen LogP contribution is 2.43. The van der Waals surface area contributed by atoms with Crippen molar-refractivity contribution in [2.45, 2.75) is 85.5 Å². The second-order valence-electron chi connectivity index (χ2n) is 18.5. The maximum Gasteiger partial charge on any atom is 0.162 e. The Morgan fingerprint density at radius 2 is 1.12 bits per heavy atom. The Hall–Kier alpha value is -6.00. The smallest absolute Gasteiger partial charge is 0.162 e. The van der Waals surface area contributed by atoms with Crippen LogP contribution in [0.1, 0.15) is 103 Å². The van der Waals surface area contributed by atoms with Crippen molar-refractivity contribution in [2.24, 2.45) is 9.98 Å². The summed E-state index contributed by atoms with van der Waals surface area (Å²) in [6.07, 6.45) is 0. The summed E-state index contributed by atoms with van der Waals surface area (Å²) in [7, 11) is 0. The summed E-state index contributed by atoms with van der Waals surface area (Å²) < 4.78 is 9.42. The first kappa shape index (κ1) is 37.9. The van der Waals surface area contributed by atoms with Crippen molar-refractivity contribution in [1.29, 1.82) is 0 Å². The average molecular weight is 748 g/mol. The first-order chi connectivity index (χ1) is 27.0. The molecule has 0 aliphatic heterocycles. The summed E-state index contributed by atoms with van der Waals surface area (Å²) in [5.41, 5.74) is 12.7. The molecule has 0 spiro atoms. The molecule has 0 saturated carbocycles. The van der Waals surface area contributed by atoms with Crippen molar-refractivity contribution in [3.8, 4) is 5.69 Å². The lowest BCUT2D eigenvalue weighted by molar-refractivity contribution is 0.559. The molecule has 57 heavy (non-hydrogen) atoms. The van der Waals surface area contributed by atoms with Crippen LogP contribution in [0.3, 0.4) is 0 Å². The topological polar surface area (TPSA) is 42.8 Å². The Balaban J connectivity index is 1.45. The lowest BCUT2D eigenvalue weighted by Crippen LogP contribution is -2.16. The molecule has 0 aliphatic rings. The fourth-order valence-electron chi connectivity index (χ4n) is 7.90. The van der Waals surface area contributed by atoms with Gasteiger partial charge in [-0.2, -0.15) is 0 Å². The number of furan rings is 1. The Morgan fingerprint density at radius 3 is 1.77 bits per heavy atom. The minimum absolute atomic E-state index is 0.0324. The third-order valence-corrected chi connectivity index (χ3v) is 11.2. The molecule has 0 radical (unpaired) electrons. The second-order valence-corrected chi connectivity index (χ2v) is 18.5. The number of nitrogens with zero attached hydrogens (tertiary/aromatic N) is 3. The van der Waals surface area contributed by atoms with Crippen molar-refractivity contribution < 1.29 is 4.42 Å². The van der Waals surface area contributed by atoms with E-state index in [1.54, 1.807) is 0 Å². The lowest BCUT2D eigenvalue weighted by Gasteiger charge is -2.25. The van der Waals surface area contributed by atoms with E-state index in [0.717, 1.165) is 66.4 Å². The van der Waals surface area contributed by atoms with Gasteiger partial charge in [0.15, 0.2) is 5.84 Å². The molecule has 0 unspecified atom stereocenters. The predicted molar refractivity (Wildman–Crippen MR) is 245 cm³/mol. The van der Waals surface area contributed by atoms with Crippen LogP contribution in [0.15, 0.2) is 148 Å². The maximum atomic E-state index is 7.08. The molecule has 6 aromatic carbocycles. The lowest BCUT2D eigenvalue weighted by atomic mass is 9.79. The van der Waals surface area contributed by atoms with E-state index in [4.69, 9.17) is 14.4 Å². The monoisotopic (exact) mass is 747 g/mol. The molecule has 0 N–H and O–H groups in total. The third kappa shape index (κ3) is 6.92. The van der Waals surface area contributed by atoms with Gasteiger partial charge in [-0.05, 0) is 82.3 Å². The van der Waals surface area contributed by atoms with Gasteiger partial charge in [-0.1, -0.05) is 154 Å². The molecule has 0 saturated heterocycles. The van der Waals surface area contributed by atoms with Crippen LogP contribution in [0, 0.1) is 0 Å². The molecule has 8 aromatic rings. The number of aromatic nitrogens is 1. The molecule has 0 amide bonds. The number of benzene rings is 6. The molecule has 0 aliphatic carbocycles. The Bertz CT molecular complexity index is 2900. The molecule has 4 nitrogen and oxygen atoms in total. The van der Waals surface area contributed by atoms with Crippen molar-refractivity contribution in [3.05, 3.63) is 167 Å². The summed E-state index contributed by atoms with van der Waals surface area (Å²) >= 11 is 0. The molecule has 2 aromatic heterocycles. The number of para-hydroxylation sites is 3. The van der Waals surface area contributed by atoms with E-state index < -0.39 is 0 Å². The Kier molecular flexibility index (Phi) is 9.23. The normalized spacial score (nSPS) is 13.4. The van der Waals surface area contributed by atoms with Gasteiger partial charge in [0.1, 0.15) is 11.2 Å². The van der Waals surface area contributed by atoms with E-state index >= 15 is 0 Å². The largest absolute Gasteiger partial charge is 0.455 e. The minimum Gasteiger partial charge on any atom is -0.455 e. The fraction of sp³-hybridized carbons (Fsp3) is 0.245. The van der Waals surface area contributed by atoms with Crippen LogP contribution < -0.4 is 0 Å². The van der Waals surface area contributed by atoms with Crippen LogP contribution in [0.5, 0.6) is 0 Å². The highest BCUT2D eigenvalue weighted by atomic mass is 16.3. The molecule has 2 heterocycles. The van der Waals surface area contributed by atoms with Crippen molar-refractivity contribution in [3.63, 3.8) is 0 Å². The predicted octanol–water partition coefficient (Wildman–Crippen LogP) is 14.5. The van der Waals surface area contributed by atoms with E-state index in [9.17, 15) is 0 Å². The van der Waals surface area contributed by atoms with E-state index in [1.165, 1.54) is 22.1 Å². The molecule has 8 rings (SSSR count). The average Bonchev–Trinajstić information content (AvgIpc) is 3.72. The van der Waals surface area contributed by atoms with E-state index in [-0.39, 0.29) is 16.2 Å². The van der Waals surface area contributed by atoms with E-state index in [0.29, 0.717) is 11.5 Å². The van der Waals surface area contributed by atoms with Crippen molar-refractivity contribution in [1.82, 2.24) is 4.57 Å². The molecule has 0 atom stereocenters. The van der Waals surface area contributed by atoms with Crippen LogP contribution in [0.4, 0.5) is 0 Å². The van der Waals surface area contributed by atoms with Crippen molar-refractivity contribution >= 4 is 61.0 Å². The number of amidine groups is 1. The standard InChI is InChI=1S/C53H53N3O/c1-33(35-21-14-12-15-22-35)54-50(41-27-20-26-40-39-25-18-19-28-46(39)56(47(40)41)38-23-16-13-17-24-38)55-34(2)42-29-36(51(3,4)5)30-43-44-31-37(52(6,7)8)32-45(53(9,10)11)49(44)57-48(42)43/h12-32H,1H2,2-11H3. The molecule has 4 heteroatoms. The summed E-state index contributed by atoms with van der Waals surface area (Å²) in [6, 6.07) is 45.0. The zero-order valence-electron chi connectivity index (χ0n) is 35.1. The van der Waals surface area contributed by atoms with Crippen LogP contribution in [0.2, 0.25) is 0 Å². The van der Waals surface area contributed by atoms with Crippen LogP contribution in [-0.4, -0.2) is 16.1 Å². The summed E-state index contributed by atoms with van der Waals surface area (Å²) in [4.78, 5) is 10.8. The molecular weight excluding hydrogens is 695 g/mol. The van der Waals surface area contributed by atoms with Crippen molar-refractivity contribution in [2.75, 3.05) is 0 Å². The van der Waals surface area contributed by atoms with Gasteiger partial charge in [-0.3, -0.25) is 0 Å². The van der Waals surface area contributed by atoms with Gasteiger partial charge >= 0.3 is 0 Å². The number of aliphatic imine (C=N–C) groups is 2. The van der Waals surface area contributed by atoms with Gasteiger partial charge < -0.3 is 8.98 Å². The van der Waals surface area contributed by atoms with Crippen LogP contribution >= 0.6 is 0 Å². The minimum atomic E-state index is -0.128. The number of hydrogen-bond donors (Lipinski definition) is 0. The van der Waals surface area contributed by atoms with Gasteiger partial charge in [0.25, 0.3) is 0 Å². The zero-order valence-corrected chi connectivity index (χ0v) is 35.1. The quantitative estimate of drug-likeness (QED) is 0.128. The number of hydrogen-bond acceptors (Lipinski definition) is 2. The molecule has 286 valence electrons. The number of rotatable bonds is 5. The van der Waals surface area contributed by atoms with E-state index in [1.807, 2.05) is 30.3 Å².